The van der Waals surface area contributed by atoms with Crippen LogP contribution >= 0.6 is 0 Å². The van der Waals surface area contributed by atoms with Crippen molar-refractivity contribution < 1.29 is 19.2 Å². The first-order valence-corrected chi connectivity index (χ1v) is 10.9. The minimum absolute atomic E-state index is 0.0499. The number of esters is 1. The highest BCUT2D eigenvalue weighted by Gasteiger charge is 2.40. The third-order valence-electron chi connectivity index (χ3n) is 7.16. The molecule has 2 aromatic carbocycles. The van der Waals surface area contributed by atoms with E-state index in [4.69, 9.17) is 9.47 Å². The zero-order valence-corrected chi connectivity index (χ0v) is 16.5. The Morgan fingerprint density at radius 1 is 1.07 bits per heavy atom. The summed E-state index contributed by atoms with van der Waals surface area (Å²) in [5.41, 5.74) is 1.16. The largest absolute Gasteiger partial charge is 0.426 e. The molecule has 3 fully saturated rings. The van der Waals surface area contributed by atoms with Crippen molar-refractivity contribution in [1.29, 1.82) is 0 Å². The number of benzene rings is 2. The molecule has 1 N–H and O–H groups in total. The molecule has 0 unspecified atom stereocenters. The molecule has 5 rings (SSSR count). The van der Waals surface area contributed by atoms with Gasteiger partial charge in [0.05, 0.1) is 18.8 Å². The van der Waals surface area contributed by atoms with Crippen LogP contribution in [0.2, 0.25) is 0 Å². The van der Waals surface area contributed by atoms with Crippen molar-refractivity contribution in [3.8, 4) is 5.75 Å². The maximum absolute atomic E-state index is 12.8. The van der Waals surface area contributed by atoms with Crippen LogP contribution in [0.25, 0.3) is 10.8 Å². The molecule has 28 heavy (non-hydrogen) atoms. The SMILES string of the molecule is O=C(C[C@@H]1C[C@@H]2CC[C@@H]1C2)Oc1ccc2ccccc2c1C[NH+]1CCOCC1. The van der Waals surface area contributed by atoms with Crippen LogP contribution in [0.4, 0.5) is 0 Å². The van der Waals surface area contributed by atoms with E-state index in [0.717, 1.165) is 56.0 Å². The molecule has 0 radical (unpaired) electrons. The number of fused-ring (bicyclic) bond motifs is 3. The van der Waals surface area contributed by atoms with Gasteiger partial charge >= 0.3 is 5.97 Å². The van der Waals surface area contributed by atoms with Crippen LogP contribution in [0.3, 0.4) is 0 Å². The van der Waals surface area contributed by atoms with Gasteiger partial charge in [-0.15, -0.1) is 0 Å². The minimum Gasteiger partial charge on any atom is -0.426 e. The predicted octanol–water partition coefficient (Wildman–Crippen LogP) is 2.99. The van der Waals surface area contributed by atoms with Crippen molar-refractivity contribution in [2.75, 3.05) is 26.3 Å². The molecule has 4 heteroatoms. The zero-order chi connectivity index (χ0) is 18.9. The smallest absolute Gasteiger partial charge is 0.311 e. The predicted molar refractivity (Wildman–Crippen MR) is 108 cm³/mol. The summed E-state index contributed by atoms with van der Waals surface area (Å²) in [6.07, 6.45) is 5.82. The van der Waals surface area contributed by atoms with Crippen LogP contribution in [0, 0.1) is 17.8 Å². The summed E-state index contributed by atoms with van der Waals surface area (Å²) in [7, 11) is 0. The van der Waals surface area contributed by atoms with Gasteiger partial charge in [-0.05, 0) is 53.9 Å². The molecule has 4 nitrogen and oxygen atoms in total. The van der Waals surface area contributed by atoms with Gasteiger partial charge in [0.25, 0.3) is 0 Å². The molecule has 148 valence electrons. The molecule has 2 bridgehead atoms. The Balaban J connectivity index is 1.36. The highest BCUT2D eigenvalue weighted by molar-refractivity contribution is 5.88. The Hall–Kier alpha value is -1.91. The Bertz CT molecular complexity index is 858. The third-order valence-corrected chi connectivity index (χ3v) is 7.16. The standard InChI is InChI=1S/C24H29NO3/c26-24(15-20-14-17-5-6-19(20)13-17)28-23-8-7-18-3-1-2-4-21(18)22(23)16-25-9-11-27-12-10-25/h1-4,7-8,17,19-20H,5-6,9-16H2/p+1/t17-,19-,20+/m1/s1. The number of carbonyl (C=O) groups excluding carboxylic acids is 1. The van der Waals surface area contributed by atoms with Crippen LogP contribution in [0.5, 0.6) is 5.75 Å². The van der Waals surface area contributed by atoms with Crippen molar-refractivity contribution in [3.05, 3.63) is 42.0 Å². The molecule has 0 spiro atoms. The van der Waals surface area contributed by atoms with E-state index in [1.54, 1.807) is 0 Å². The number of morpholine rings is 1. The van der Waals surface area contributed by atoms with E-state index in [1.807, 2.05) is 6.07 Å². The number of rotatable bonds is 5. The average molecular weight is 381 g/mol. The van der Waals surface area contributed by atoms with Gasteiger partial charge in [0, 0.05) is 6.42 Å². The molecule has 0 amide bonds. The van der Waals surface area contributed by atoms with Gasteiger partial charge in [-0.1, -0.05) is 36.8 Å². The number of nitrogens with one attached hydrogen (secondary N) is 1. The molecular weight excluding hydrogens is 350 g/mol. The maximum atomic E-state index is 12.8. The third kappa shape index (κ3) is 3.68. The van der Waals surface area contributed by atoms with Crippen LogP contribution in [0.1, 0.15) is 37.7 Å². The molecule has 1 heterocycles. The monoisotopic (exact) mass is 380 g/mol. The Labute approximate surface area is 166 Å². The lowest BCUT2D eigenvalue weighted by Crippen LogP contribution is -3.12. The van der Waals surface area contributed by atoms with Crippen molar-refractivity contribution in [3.63, 3.8) is 0 Å². The van der Waals surface area contributed by atoms with E-state index in [1.165, 1.54) is 41.4 Å². The van der Waals surface area contributed by atoms with Gasteiger partial charge in [-0.2, -0.15) is 0 Å². The Kier molecular flexibility index (Phi) is 5.08. The van der Waals surface area contributed by atoms with E-state index in [9.17, 15) is 4.79 Å². The van der Waals surface area contributed by atoms with Crippen LogP contribution in [-0.4, -0.2) is 32.3 Å². The first-order chi connectivity index (χ1) is 13.8. The summed E-state index contributed by atoms with van der Waals surface area (Å²) in [5.74, 6) is 2.87. The summed E-state index contributed by atoms with van der Waals surface area (Å²) in [5, 5.41) is 2.41. The summed E-state index contributed by atoms with van der Waals surface area (Å²) in [6, 6.07) is 12.5. The van der Waals surface area contributed by atoms with Crippen LogP contribution in [-0.2, 0) is 16.1 Å². The van der Waals surface area contributed by atoms with E-state index < -0.39 is 0 Å². The lowest BCUT2D eigenvalue weighted by atomic mass is 9.86. The molecular formula is C24H30NO3+. The fraction of sp³-hybridized carbons (Fsp3) is 0.542. The second-order valence-electron chi connectivity index (χ2n) is 8.92. The van der Waals surface area contributed by atoms with Gasteiger partial charge in [0.1, 0.15) is 25.4 Å². The van der Waals surface area contributed by atoms with Crippen molar-refractivity contribution in [2.45, 2.75) is 38.6 Å². The number of ether oxygens (including phenoxy) is 2. The number of hydrogen-bond acceptors (Lipinski definition) is 3. The van der Waals surface area contributed by atoms with Crippen molar-refractivity contribution in [1.82, 2.24) is 0 Å². The molecule has 2 saturated carbocycles. The highest BCUT2D eigenvalue weighted by atomic mass is 16.5. The average Bonchev–Trinajstić information content (AvgIpc) is 3.34. The first-order valence-electron chi connectivity index (χ1n) is 10.9. The van der Waals surface area contributed by atoms with E-state index >= 15 is 0 Å². The van der Waals surface area contributed by atoms with E-state index in [0.29, 0.717) is 12.3 Å². The number of quaternary nitrogens is 1. The maximum Gasteiger partial charge on any atom is 0.311 e. The lowest BCUT2D eigenvalue weighted by molar-refractivity contribution is -0.921. The second kappa shape index (κ2) is 7.84. The molecule has 1 saturated heterocycles. The lowest BCUT2D eigenvalue weighted by Gasteiger charge is -2.25. The Morgan fingerprint density at radius 2 is 1.93 bits per heavy atom. The number of hydrogen-bond donors (Lipinski definition) is 1. The second-order valence-corrected chi connectivity index (χ2v) is 8.92. The minimum atomic E-state index is -0.0499. The molecule has 2 aromatic rings. The van der Waals surface area contributed by atoms with Crippen molar-refractivity contribution >= 4 is 16.7 Å². The molecule has 0 aromatic heterocycles. The summed E-state index contributed by atoms with van der Waals surface area (Å²) < 4.78 is 11.5. The number of carbonyl (C=O) groups is 1. The van der Waals surface area contributed by atoms with Crippen molar-refractivity contribution in [2.24, 2.45) is 17.8 Å². The zero-order valence-electron chi connectivity index (χ0n) is 16.5. The van der Waals surface area contributed by atoms with Gasteiger partial charge in [-0.25, -0.2) is 0 Å². The first kappa shape index (κ1) is 18.1. The molecule has 1 aliphatic heterocycles. The van der Waals surface area contributed by atoms with Gasteiger partial charge in [0.15, 0.2) is 0 Å². The normalized spacial score (nSPS) is 27.4. The quantitative estimate of drug-likeness (QED) is 0.640. The molecule has 3 aliphatic rings. The molecule has 2 aliphatic carbocycles. The summed E-state index contributed by atoms with van der Waals surface area (Å²) >= 11 is 0. The van der Waals surface area contributed by atoms with E-state index in [-0.39, 0.29) is 5.97 Å². The summed E-state index contributed by atoms with van der Waals surface area (Å²) in [4.78, 5) is 14.3. The van der Waals surface area contributed by atoms with Crippen LogP contribution in [0.15, 0.2) is 36.4 Å². The van der Waals surface area contributed by atoms with Gasteiger partial charge < -0.3 is 14.4 Å². The van der Waals surface area contributed by atoms with Gasteiger partial charge in [0.2, 0.25) is 0 Å². The van der Waals surface area contributed by atoms with Crippen LogP contribution < -0.4 is 9.64 Å². The highest BCUT2D eigenvalue weighted by Crippen LogP contribution is 2.49. The van der Waals surface area contributed by atoms with E-state index in [2.05, 4.69) is 30.3 Å². The Morgan fingerprint density at radius 3 is 2.71 bits per heavy atom. The fourth-order valence-electron chi connectivity index (χ4n) is 5.69. The molecule has 3 atom stereocenters. The fourth-order valence-corrected chi connectivity index (χ4v) is 5.69. The summed E-state index contributed by atoms with van der Waals surface area (Å²) in [6.45, 7) is 4.49. The topological polar surface area (TPSA) is 40.0 Å². The van der Waals surface area contributed by atoms with Gasteiger partial charge in [-0.3, -0.25) is 4.79 Å².